The molecule has 0 bridgehead atoms. The molecule has 1 aliphatic rings. The number of nitrogens with zero attached hydrogens (tertiary/aromatic N) is 2. The monoisotopic (exact) mass is 376 g/mol. The van der Waals surface area contributed by atoms with Crippen LogP contribution in [0.5, 0.6) is 5.75 Å². The van der Waals surface area contributed by atoms with E-state index in [1.54, 1.807) is 29.1 Å². The van der Waals surface area contributed by atoms with Gasteiger partial charge in [-0.15, -0.1) is 6.58 Å². The van der Waals surface area contributed by atoms with Crippen molar-refractivity contribution in [2.24, 2.45) is 0 Å². The van der Waals surface area contributed by atoms with Crippen LogP contribution >= 0.6 is 0 Å². The molecule has 0 aliphatic carbocycles. The molecule has 0 unspecified atom stereocenters. The Morgan fingerprint density at radius 1 is 1.50 bits per heavy atom. The van der Waals surface area contributed by atoms with Crippen molar-refractivity contribution in [1.82, 2.24) is 9.78 Å². The second-order valence-corrected chi connectivity index (χ2v) is 7.85. The van der Waals surface area contributed by atoms with E-state index >= 15 is 0 Å². The zero-order chi connectivity index (χ0) is 18.9. The van der Waals surface area contributed by atoms with E-state index in [-0.39, 0.29) is 18.2 Å². The van der Waals surface area contributed by atoms with Crippen molar-refractivity contribution in [3.05, 3.63) is 48.3 Å². The first-order valence-corrected chi connectivity index (χ1v) is 9.82. The van der Waals surface area contributed by atoms with Crippen LogP contribution in [0.15, 0.2) is 37.2 Å². The summed E-state index contributed by atoms with van der Waals surface area (Å²) in [6.07, 6.45) is 6.63. The third-order valence-electron chi connectivity index (χ3n) is 4.08. The maximum atomic E-state index is 12.1. The van der Waals surface area contributed by atoms with E-state index in [2.05, 4.69) is 21.7 Å². The minimum atomic E-state index is -3.48. The third kappa shape index (κ3) is 3.72. The lowest BCUT2D eigenvalue weighted by Crippen LogP contribution is -2.24. The second-order valence-electron chi connectivity index (χ2n) is 6.10. The van der Waals surface area contributed by atoms with Crippen molar-refractivity contribution in [1.29, 1.82) is 0 Å². The lowest BCUT2D eigenvalue weighted by atomic mass is 9.86. The van der Waals surface area contributed by atoms with E-state index < -0.39 is 10.0 Å². The van der Waals surface area contributed by atoms with E-state index in [0.29, 0.717) is 23.7 Å². The normalized spacial score (nSPS) is 16.5. The number of rotatable bonds is 6. The Bertz CT molecular complexity index is 965. The summed E-state index contributed by atoms with van der Waals surface area (Å²) in [5, 5.41) is 7.09. The van der Waals surface area contributed by atoms with Gasteiger partial charge in [0.15, 0.2) is 0 Å². The quantitative estimate of drug-likeness (QED) is 0.750. The molecule has 1 atom stereocenters. The topological polar surface area (TPSA) is 102 Å². The lowest BCUT2D eigenvalue weighted by Gasteiger charge is -2.26. The molecule has 1 amide bonds. The molecule has 2 N–H and O–H groups in total. The zero-order valence-electron chi connectivity index (χ0n) is 14.5. The number of sulfonamides is 1. The summed E-state index contributed by atoms with van der Waals surface area (Å²) < 4.78 is 32.8. The molecule has 0 radical (unpaired) electrons. The van der Waals surface area contributed by atoms with Crippen LogP contribution in [0.3, 0.4) is 0 Å². The van der Waals surface area contributed by atoms with Crippen LogP contribution in [0.2, 0.25) is 0 Å². The maximum absolute atomic E-state index is 12.1. The minimum Gasteiger partial charge on any atom is -0.494 e. The summed E-state index contributed by atoms with van der Waals surface area (Å²) in [6.45, 7) is 4.25. The molecular weight excluding hydrogens is 356 g/mol. The fraction of sp³-hybridized carbons (Fsp3) is 0.294. The predicted molar refractivity (Wildman–Crippen MR) is 99.0 cm³/mol. The van der Waals surface area contributed by atoms with Gasteiger partial charge in [0.05, 0.1) is 31.8 Å². The first-order chi connectivity index (χ1) is 12.3. The van der Waals surface area contributed by atoms with Gasteiger partial charge in [-0.2, -0.15) is 5.10 Å². The number of benzene rings is 1. The summed E-state index contributed by atoms with van der Waals surface area (Å²) in [6, 6.07) is 3.32. The van der Waals surface area contributed by atoms with Gasteiger partial charge in [0.2, 0.25) is 15.9 Å². The van der Waals surface area contributed by atoms with Gasteiger partial charge in [0, 0.05) is 30.3 Å². The van der Waals surface area contributed by atoms with Crippen molar-refractivity contribution in [2.45, 2.75) is 18.9 Å². The number of allylic oxidation sites excluding steroid dienone is 1. The maximum Gasteiger partial charge on any atom is 0.229 e. The minimum absolute atomic E-state index is 0.121. The van der Waals surface area contributed by atoms with Crippen molar-refractivity contribution in [3.63, 3.8) is 0 Å². The Hall–Kier alpha value is -2.81. The Balaban J connectivity index is 2.09. The molecule has 0 saturated heterocycles. The number of hydrogen-bond donors (Lipinski definition) is 2. The van der Waals surface area contributed by atoms with Gasteiger partial charge < -0.3 is 10.1 Å². The number of aromatic nitrogens is 2. The molecule has 1 aliphatic heterocycles. The Labute approximate surface area is 151 Å². The smallest absolute Gasteiger partial charge is 0.229 e. The molecule has 8 nitrogen and oxygen atoms in total. The van der Waals surface area contributed by atoms with Crippen molar-refractivity contribution < 1.29 is 17.9 Å². The summed E-state index contributed by atoms with van der Waals surface area (Å²) in [4.78, 5) is 12.1. The molecular formula is C17H20N4O4S. The third-order valence-corrected chi connectivity index (χ3v) is 4.67. The van der Waals surface area contributed by atoms with Crippen LogP contribution < -0.4 is 14.8 Å². The number of amides is 1. The Morgan fingerprint density at radius 2 is 2.27 bits per heavy atom. The van der Waals surface area contributed by atoms with E-state index in [9.17, 15) is 13.2 Å². The van der Waals surface area contributed by atoms with E-state index in [1.807, 2.05) is 6.20 Å². The van der Waals surface area contributed by atoms with Crippen molar-refractivity contribution in [2.75, 3.05) is 23.4 Å². The number of carbonyl (C=O) groups is 1. The van der Waals surface area contributed by atoms with Crippen LogP contribution in [0, 0.1) is 0 Å². The average Bonchev–Trinajstić information content (AvgIpc) is 3.01. The highest BCUT2D eigenvalue weighted by atomic mass is 32.2. The average molecular weight is 376 g/mol. The van der Waals surface area contributed by atoms with Crippen LogP contribution in [0.1, 0.15) is 23.5 Å². The number of fused-ring (bicyclic) bond motifs is 1. The first kappa shape index (κ1) is 18.0. The van der Waals surface area contributed by atoms with Crippen molar-refractivity contribution in [3.8, 4) is 5.75 Å². The molecule has 26 heavy (non-hydrogen) atoms. The number of nitrogens with one attached hydrogen (secondary N) is 2. The van der Waals surface area contributed by atoms with Gasteiger partial charge >= 0.3 is 0 Å². The largest absolute Gasteiger partial charge is 0.494 e. The molecule has 2 heterocycles. The van der Waals surface area contributed by atoms with Crippen LogP contribution in [-0.2, 0) is 21.4 Å². The highest BCUT2D eigenvalue weighted by Crippen LogP contribution is 2.42. The van der Waals surface area contributed by atoms with Crippen LogP contribution in [0.4, 0.5) is 11.4 Å². The Morgan fingerprint density at radius 3 is 2.92 bits per heavy atom. The van der Waals surface area contributed by atoms with Gasteiger partial charge in [-0.05, 0) is 17.2 Å². The number of hydrogen-bond acceptors (Lipinski definition) is 5. The molecule has 3 rings (SSSR count). The van der Waals surface area contributed by atoms with Gasteiger partial charge in [-0.1, -0.05) is 6.08 Å². The fourth-order valence-corrected chi connectivity index (χ4v) is 3.59. The number of methoxy groups -OCH3 is 1. The standard InChI is InChI=1S/C17H20N4O4S/c1-4-5-21-10-11(9-18-21)12-7-17(22)19-14-8-16(25-2)15(6-13(12)14)20-26(3,23)24/h4,6,8-10,12,20H,1,5,7H2,2-3H3,(H,19,22)/t12-/m1/s1. The first-order valence-electron chi connectivity index (χ1n) is 7.93. The molecule has 2 aromatic rings. The number of ether oxygens (including phenoxy) is 1. The summed E-state index contributed by atoms with van der Waals surface area (Å²) in [5.74, 6) is -0.0225. The molecule has 1 aromatic carbocycles. The van der Waals surface area contributed by atoms with Gasteiger partial charge in [0.25, 0.3) is 0 Å². The second kappa shape index (κ2) is 6.83. The molecule has 0 fully saturated rings. The van der Waals surface area contributed by atoms with E-state index in [0.717, 1.165) is 17.4 Å². The molecule has 0 spiro atoms. The molecule has 9 heteroatoms. The van der Waals surface area contributed by atoms with Gasteiger partial charge in [-0.25, -0.2) is 8.42 Å². The molecule has 1 aromatic heterocycles. The van der Waals surface area contributed by atoms with Gasteiger partial charge in [-0.3, -0.25) is 14.2 Å². The fourth-order valence-electron chi connectivity index (χ4n) is 3.03. The number of anilines is 2. The Kier molecular flexibility index (Phi) is 4.73. The van der Waals surface area contributed by atoms with Crippen LogP contribution in [-0.4, -0.2) is 37.5 Å². The number of carbonyl (C=O) groups excluding carboxylic acids is 1. The zero-order valence-corrected chi connectivity index (χ0v) is 15.3. The predicted octanol–water partition coefficient (Wildman–Crippen LogP) is 1.92. The molecule has 138 valence electrons. The summed E-state index contributed by atoms with van der Waals surface area (Å²) in [5.41, 5.74) is 2.60. The summed E-state index contributed by atoms with van der Waals surface area (Å²) in [7, 11) is -2.04. The van der Waals surface area contributed by atoms with Crippen molar-refractivity contribution >= 4 is 27.3 Å². The highest BCUT2D eigenvalue weighted by molar-refractivity contribution is 7.92. The summed E-state index contributed by atoms with van der Waals surface area (Å²) >= 11 is 0. The molecule has 0 saturated carbocycles. The SMILES string of the molecule is C=CCn1cc([C@H]2CC(=O)Nc3cc(OC)c(NS(C)(=O)=O)cc32)cn1. The lowest BCUT2D eigenvalue weighted by molar-refractivity contribution is -0.116. The van der Waals surface area contributed by atoms with E-state index in [1.165, 1.54) is 7.11 Å². The van der Waals surface area contributed by atoms with Crippen LogP contribution in [0.25, 0.3) is 0 Å². The van der Waals surface area contributed by atoms with Gasteiger partial charge in [0.1, 0.15) is 5.75 Å². The van der Waals surface area contributed by atoms with E-state index in [4.69, 9.17) is 4.74 Å². The highest BCUT2D eigenvalue weighted by Gasteiger charge is 2.29.